The van der Waals surface area contributed by atoms with Gasteiger partial charge in [0.15, 0.2) is 23.0 Å². The molecule has 1 aliphatic rings. The molecule has 0 aromatic carbocycles. The maximum Gasteiger partial charge on any atom is 0.182 e. The third-order valence-electron chi connectivity index (χ3n) is 4.09. The molecule has 0 unspecified atom stereocenters. The zero-order valence-corrected chi connectivity index (χ0v) is 12.9. The maximum atomic E-state index is 8.82. The van der Waals surface area contributed by atoms with Gasteiger partial charge in [-0.25, -0.2) is 15.0 Å². The number of nitriles is 1. The average Bonchev–Trinajstić information content (AvgIpc) is 2.99. The largest absolute Gasteiger partial charge is 0.353 e. The van der Waals surface area contributed by atoms with Crippen molar-refractivity contribution in [2.24, 2.45) is 0 Å². The van der Waals surface area contributed by atoms with Crippen LogP contribution in [0.1, 0.15) is 12.1 Å². The van der Waals surface area contributed by atoms with Crippen LogP contribution in [0.3, 0.4) is 0 Å². The summed E-state index contributed by atoms with van der Waals surface area (Å²) in [5, 5.41) is 16.9. The van der Waals surface area contributed by atoms with Crippen molar-refractivity contribution in [1.82, 2.24) is 30.1 Å². The third kappa shape index (κ3) is 2.58. The first-order valence-electron chi connectivity index (χ1n) is 7.73. The van der Waals surface area contributed by atoms with Gasteiger partial charge in [-0.2, -0.15) is 5.26 Å². The highest BCUT2D eigenvalue weighted by molar-refractivity contribution is 5.82. The SMILES string of the molecule is N#Cc1ccc(N2CCCN(c3ncnc4nc[nH]c34)CC2)nn1. The Bertz CT molecular complexity index is 880. The van der Waals surface area contributed by atoms with Crippen LogP contribution < -0.4 is 9.80 Å². The molecule has 9 nitrogen and oxygen atoms in total. The van der Waals surface area contributed by atoms with E-state index in [2.05, 4.69) is 39.9 Å². The Kier molecular flexibility index (Phi) is 3.63. The number of hydrogen-bond acceptors (Lipinski definition) is 8. The average molecular weight is 321 g/mol. The zero-order chi connectivity index (χ0) is 16.4. The highest BCUT2D eigenvalue weighted by Gasteiger charge is 2.19. The molecule has 9 heteroatoms. The lowest BCUT2D eigenvalue weighted by Gasteiger charge is -2.23. The monoisotopic (exact) mass is 321 g/mol. The van der Waals surface area contributed by atoms with Crippen molar-refractivity contribution in [2.75, 3.05) is 36.0 Å². The van der Waals surface area contributed by atoms with Crippen LogP contribution in [-0.2, 0) is 0 Å². The Labute approximate surface area is 138 Å². The smallest absolute Gasteiger partial charge is 0.182 e. The summed E-state index contributed by atoms with van der Waals surface area (Å²) in [5.41, 5.74) is 1.88. The van der Waals surface area contributed by atoms with Gasteiger partial charge in [-0.3, -0.25) is 0 Å². The number of imidazole rings is 1. The first-order valence-corrected chi connectivity index (χ1v) is 7.73. The molecule has 3 aromatic rings. The van der Waals surface area contributed by atoms with Crippen LogP contribution in [-0.4, -0.2) is 56.3 Å². The van der Waals surface area contributed by atoms with E-state index in [1.165, 1.54) is 0 Å². The van der Waals surface area contributed by atoms with Crippen molar-refractivity contribution < 1.29 is 0 Å². The number of H-pyrrole nitrogens is 1. The van der Waals surface area contributed by atoms with Crippen molar-refractivity contribution in [3.63, 3.8) is 0 Å². The van der Waals surface area contributed by atoms with Gasteiger partial charge >= 0.3 is 0 Å². The Morgan fingerprint density at radius 2 is 1.88 bits per heavy atom. The molecule has 0 spiro atoms. The summed E-state index contributed by atoms with van der Waals surface area (Å²) in [6, 6.07) is 5.53. The molecule has 1 saturated heterocycles. The zero-order valence-electron chi connectivity index (χ0n) is 12.9. The molecular weight excluding hydrogens is 306 g/mol. The highest BCUT2D eigenvalue weighted by Crippen LogP contribution is 2.22. The van der Waals surface area contributed by atoms with Crippen LogP contribution in [0, 0.1) is 11.3 Å². The minimum atomic E-state index is 0.331. The van der Waals surface area contributed by atoms with Crippen molar-refractivity contribution in [3.8, 4) is 6.07 Å². The van der Waals surface area contributed by atoms with Gasteiger partial charge in [-0.05, 0) is 18.6 Å². The summed E-state index contributed by atoms with van der Waals surface area (Å²) in [4.78, 5) is 20.3. The molecule has 3 aromatic heterocycles. The second-order valence-electron chi connectivity index (χ2n) is 5.51. The third-order valence-corrected chi connectivity index (χ3v) is 4.09. The predicted molar refractivity (Wildman–Crippen MR) is 87.5 cm³/mol. The van der Waals surface area contributed by atoms with Crippen LogP contribution in [0.25, 0.3) is 11.2 Å². The van der Waals surface area contributed by atoms with Gasteiger partial charge in [0, 0.05) is 26.2 Å². The van der Waals surface area contributed by atoms with E-state index in [9.17, 15) is 0 Å². The van der Waals surface area contributed by atoms with E-state index in [0.717, 1.165) is 49.8 Å². The van der Waals surface area contributed by atoms with E-state index in [0.29, 0.717) is 11.3 Å². The number of aromatic amines is 1. The normalized spacial score (nSPS) is 15.3. The van der Waals surface area contributed by atoms with Crippen molar-refractivity contribution >= 4 is 22.8 Å². The maximum absolute atomic E-state index is 8.82. The quantitative estimate of drug-likeness (QED) is 0.735. The fourth-order valence-electron chi connectivity index (χ4n) is 2.90. The standard InChI is InChI=1S/C15H15N9/c16-8-11-2-3-12(22-21-11)23-4-1-5-24(7-6-23)15-13-14(18-9-17-13)19-10-20-15/h2-3,9-10H,1,4-7H2,(H,17,18,19,20). The molecule has 120 valence electrons. The van der Waals surface area contributed by atoms with Gasteiger partial charge in [-0.15, -0.1) is 10.2 Å². The topological polar surface area (TPSA) is 111 Å². The van der Waals surface area contributed by atoms with Gasteiger partial charge in [0.1, 0.15) is 17.9 Å². The molecule has 0 radical (unpaired) electrons. The fraction of sp³-hybridized carbons (Fsp3) is 0.333. The summed E-state index contributed by atoms with van der Waals surface area (Å²) < 4.78 is 0. The van der Waals surface area contributed by atoms with Gasteiger partial charge in [-0.1, -0.05) is 0 Å². The molecule has 0 saturated carbocycles. The summed E-state index contributed by atoms with van der Waals surface area (Å²) in [6.45, 7) is 3.40. The van der Waals surface area contributed by atoms with E-state index in [-0.39, 0.29) is 0 Å². The summed E-state index contributed by atoms with van der Waals surface area (Å²) >= 11 is 0. The highest BCUT2D eigenvalue weighted by atomic mass is 15.3. The number of fused-ring (bicyclic) bond motifs is 1. The molecule has 24 heavy (non-hydrogen) atoms. The van der Waals surface area contributed by atoms with E-state index in [1.54, 1.807) is 18.7 Å². The molecule has 0 bridgehead atoms. The molecule has 1 fully saturated rings. The van der Waals surface area contributed by atoms with Crippen LogP contribution in [0.2, 0.25) is 0 Å². The van der Waals surface area contributed by atoms with Gasteiger partial charge in [0.2, 0.25) is 0 Å². The van der Waals surface area contributed by atoms with Crippen molar-refractivity contribution in [3.05, 3.63) is 30.5 Å². The Hall–Kier alpha value is -3.28. The second kappa shape index (κ2) is 6.08. The Morgan fingerprint density at radius 1 is 1.00 bits per heavy atom. The van der Waals surface area contributed by atoms with Crippen molar-refractivity contribution in [2.45, 2.75) is 6.42 Å². The number of nitrogens with zero attached hydrogens (tertiary/aromatic N) is 8. The lowest BCUT2D eigenvalue weighted by Crippen LogP contribution is -2.31. The molecule has 4 rings (SSSR count). The van der Waals surface area contributed by atoms with Crippen LogP contribution >= 0.6 is 0 Å². The lowest BCUT2D eigenvalue weighted by molar-refractivity contribution is 0.784. The molecule has 0 atom stereocenters. The molecule has 4 heterocycles. The Morgan fingerprint density at radius 3 is 2.71 bits per heavy atom. The summed E-state index contributed by atoms with van der Waals surface area (Å²) in [5.74, 6) is 1.68. The first-order chi connectivity index (χ1) is 11.8. The summed E-state index contributed by atoms with van der Waals surface area (Å²) in [6.07, 6.45) is 4.16. The minimum Gasteiger partial charge on any atom is -0.353 e. The minimum absolute atomic E-state index is 0.331. The fourth-order valence-corrected chi connectivity index (χ4v) is 2.90. The number of aromatic nitrogens is 6. The Balaban J connectivity index is 1.54. The molecule has 0 amide bonds. The molecule has 1 N–H and O–H groups in total. The van der Waals surface area contributed by atoms with E-state index < -0.39 is 0 Å². The van der Waals surface area contributed by atoms with Crippen LogP contribution in [0.5, 0.6) is 0 Å². The van der Waals surface area contributed by atoms with E-state index in [4.69, 9.17) is 5.26 Å². The van der Waals surface area contributed by atoms with E-state index in [1.807, 2.05) is 12.1 Å². The van der Waals surface area contributed by atoms with Gasteiger partial charge < -0.3 is 14.8 Å². The first kappa shape index (κ1) is 14.3. The summed E-state index contributed by atoms with van der Waals surface area (Å²) in [7, 11) is 0. The number of nitrogens with one attached hydrogen (secondary N) is 1. The van der Waals surface area contributed by atoms with Crippen LogP contribution in [0.15, 0.2) is 24.8 Å². The number of anilines is 2. The second-order valence-corrected chi connectivity index (χ2v) is 5.51. The molecule has 1 aliphatic heterocycles. The number of hydrogen-bond donors (Lipinski definition) is 1. The van der Waals surface area contributed by atoms with Crippen molar-refractivity contribution in [1.29, 1.82) is 5.26 Å². The molecular formula is C15H15N9. The number of rotatable bonds is 2. The van der Waals surface area contributed by atoms with E-state index >= 15 is 0 Å². The van der Waals surface area contributed by atoms with Crippen LogP contribution in [0.4, 0.5) is 11.6 Å². The molecule has 0 aliphatic carbocycles. The van der Waals surface area contributed by atoms with Gasteiger partial charge in [0.25, 0.3) is 0 Å². The predicted octanol–water partition coefficient (Wildman–Crippen LogP) is 0.731. The van der Waals surface area contributed by atoms with Gasteiger partial charge in [0.05, 0.1) is 6.33 Å². The lowest BCUT2D eigenvalue weighted by atomic mass is 10.3.